The van der Waals surface area contributed by atoms with Gasteiger partial charge in [-0.15, -0.1) is 11.8 Å². The van der Waals surface area contributed by atoms with Crippen LogP contribution in [0.15, 0.2) is 106 Å². The molecule has 0 radical (unpaired) electrons. The summed E-state index contributed by atoms with van der Waals surface area (Å²) in [5.41, 5.74) is 2.44. The summed E-state index contributed by atoms with van der Waals surface area (Å²) in [4.78, 5) is 53.5. The minimum absolute atomic E-state index is 0.108. The number of carbonyl (C=O) groups excluding carboxylic acids is 4. The largest absolute Gasteiger partial charge is 0.321 e. The van der Waals surface area contributed by atoms with Crippen LogP contribution in [0, 0.1) is 3.57 Å². The van der Waals surface area contributed by atoms with Gasteiger partial charge in [-0.3, -0.25) is 19.2 Å². The van der Waals surface area contributed by atoms with Crippen LogP contribution in [0.5, 0.6) is 0 Å². The lowest BCUT2D eigenvalue weighted by atomic mass is 10.2. The average molecular weight is 680 g/mol. The van der Waals surface area contributed by atoms with E-state index in [1.54, 1.807) is 66.7 Å². The third kappa shape index (κ3) is 6.69. The van der Waals surface area contributed by atoms with Gasteiger partial charge in [0.25, 0.3) is 11.8 Å². The first-order valence-corrected chi connectivity index (χ1v) is 15.1. The van der Waals surface area contributed by atoms with E-state index >= 15 is 0 Å². The van der Waals surface area contributed by atoms with Crippen LogP contribution < -0.4 is 15.5 Å². The van der Waals surface area contributed by atoms with E-state index in [0.717, 1.165) is 14.0 Å². The van der Waals surface area contributed by atoms with Gasteiger partial charge < -0.3 is 10.6 Å². The van der Waals surface area contributed by atoms with Crippen LogP contribution in [-0.2, 0) is 14.4 Å². The van der Waals surface area contributed by atoms with Crippen LogP contribution in [0.3, 0.4) is 0 Å². The highest BCUT2D eigenvalue weighted by Crippen LogP contribution is 2.34. The molecule has 7 nitrogen and oxygen atoms in total. The molecule has 200 valence electrons. The van der Waals surface area contributed by atoms with E-state index in [1.807, 2.05) is 35.0 Å². The summed E-state index contributed by atoms with van der Waals surface area (Å²) in [7, 11) is 0. The number of anilines is 2. The molecule has 1 aliphatic rings. The SMILES string of the molecule is O=C(Nc1ccc(SC2CC(=O)N(c3ccc(I)cc3)C2=O)cc1)/C(=C/c1ccsc1)NC(=O)c1ccccc1. The predicted octanol–water partition coefficient (Wildman–Crippen LogP) is 6.19. The lowest BCUT2D eigenvalue weighted by Crippen LogP contribution is -2.31. The number of nitrogens with zero attached hydrogens (tertiary/aromatic N) is 1. The molecule has 1 fully saturated rings. The molecular formula is C30H22IN3O4S2. The second kappa shape index (κ2) is 12.6. The number of imide groups is 1. The summed E-state index contributed by atoms with van der Waals surface area (Å²) in [6.07, 6.45) is 1.74. The third-order valence-corrected chi connectivity index (χ3v) is 8.58. The second-order valence-electron chi connectivity index (χ2n) is 8.77. The summed E-state index contributed by atoms with van der Waals surface area (Å²) in [6.45, 7) is 0. The molecule has 3 aromatic carbocycles. The highest BCUT2D eigenvalue weighted by molar-refractivity contribution is 14.1. The fourth-order valence-corrected chi connectivity index (χ4v) is 6.03. The molecule has 1 aromatic heterocycles. The number of halogens is 1. The highest BCUT2D eigenvalue weighted by Gasteiger charge is 2.40. The standard InChI is InChI=1S/C30H22IN3O4S2/c31-21-6-10-23(11-7-21)34-27(35)17-26(30(34)38)40-24-12-8-22(9-13-24)32-29(37)25(16-19-14-15-39-18-19)33-28(36)20-4-2-1-3-5-20/h1-16,18,26H,17H2,(H,32,37)(H,33,36)/b25-16-. The zero-order valence-corrected chi connectivity index (χ0v) is 24.7. The maximum absolute atomic E-state index is 13.2. The normalized spacial score (nSPS) is 15.3. The van der Waals surface area contributed by atoms with Crippen molar-refractivity contribution in [2.45, 2.75) is 16.6 Å². The Bertz CT molecular complexity index is 1570. The Balaban J connectivity index is 1.25. The Morgan fingerprint density at radius 3 is 2.35 bits per heavy atom. The minimum Gasteiger partial charge on any atom is -0.321 e. The Morgan fingerprint density at radius 2 is 1.68 bits per heavy atom. The van der Waals surface area contributed by atoms with E-state index in [4.69, 9.17) is 0 Å². The van der Waals surface area contributed by atoms with Crippen LogP contribution in [-0.4, -0.2) is 28.9 Å². The van der Waals surface area contributed by atoms with E-state index in [2.05, 4.69) is 33.2 Å². The van der Waals surface area contributed by atoms with Crippen molar-refractivity contribution in [1.29, 1.82) is 0 Å². The molecule has 10 heteroatoms. The molecule has 0 bridgehead atoms. The van der Waals surface area contributed by atoms with E-state index in [9.17, 15) is 19.2 Å². The van der Waals surface area contributed by atoms with E-state index < -0.39 is 11.2 Å². The molecule has 1 atom stereocenters. The molecule has 4 amide bonds. The quantitative estimate of drug-likeness (QED) is 0.132. The number of hydrogen-bond donors (Lipinski definition) is 2. The number of nitrogens with one attached hydrogen (secondary N) is 2. The van der Waals surface area contributed by atoms with Gasteiger partial charge in [-0.2, -0.15) is 11.3 Å². The van der Waals surface area contributed by atoms with Crippen molar-refractivity contribution in [3.8, 4) is 0 Å². The lowest BCUT2D eigenvalue weighted by molar-refractivity contribution is -0.121. The van der Waals surface area contributed by atoms with Crippen LogP contribution in [0.25, 0.3) is 6.08 Å². The summed E-state index contributed by atoms with van der Waals surface area (Å²) < 4.78 is 1.02. The van der Waals surface area contributed by atoms with Gasteiger partial charge in [0, 0.05) is 26.1 Å². The van der Waals surface area contributed by atoms with E-state index in [-0.39, 0.29) is 29.8 Å². The maximum Gasteiger partial charge on any atom is 0.272 e. The minimum atomic E-state index is -0.527. The van der Waals surface area contributed by atoms with Gasteiger partial charge in [-0.05, 0) is 112 Å². The van der Waals surface area contributed by atoms with Crippen molar-refractivity contribution in [3.63, 3.8) is 0 Å². The van der Waals surface area contributed by atoms with Crippen molar-refractivity contribution < 1.29 is 19.2 Å². The number of hydrogen-bond acceptors (Lipinski definition) is 6. The van der Waals surface area contributed by atoms with Gasteiger partial charge in [-0.1, -0.05) is 18.2 Å². The molecule has 2 heterocycles. The Kier molecular flexibility index (Phi) is 8.78. The molecule has 0 spiro atoms. The van der Waals surface area contributed by atoms with Gasteiger partial charge in [0.1, 0.15) is 5.70 Å². The van der Waals surface area contributed by atoms with Crippen molar-refractivity contribution in [1.82, 2.24) is 5.32 Å². The lowest BCUT2D eigenvalue weighted by Gasteiger charge is -2.15. The molecule has 2 N–H and O–H groups in total. The predicted molar refractivity (Wildman–Crippen MR) is 167 cm³/mol. The second-order valence-corrected chi connectivity index (χ2v) is 12.1. The highest BCUT2D eigenvalue weighted by atomic mass is 127. The topological polar surface area (TPSA) is 95.6 Å². The fraction of sp³-hybridized carbons (Fsp3) is 0.0667. The molecule has 1 unspecified atom stereocenters. The van der Waals surface area contributed by atoms with Gasteiger partial charge in [-0.25, -0.2) is 4.90 Å². The van der Waals surface area contributed by atoms with Gasteiger partial charge >= 0.3 is 0 Å². The molecule has 5 rings (SSSR count). The average Bonchev–Trinajstić information content (AvgIpc) is 3.57. The first kappa shape index (κ1) is 27.8. The van der Waals surface area contributed by atoms with E-state index in [1.165, 1.54) is 28.0 Å². The van der Waals surface area contributed by atoms with Gasteiger partial charge in [0.2, 0.25) is 11.8 Å². The number of thiophene rings is 1. The Morgan fingerprint density at radius 1 is 0.950 bits per heavy atom. The van der Waals surface area contributed by atoms with E-state index in [0.29, 0.717) is 16.9 Å². The molecular weight excluding hydrogens is 657 g/mol. The molecule has 1 saturated heterocycles. The molecule has 4 aromatic rings. The number of carbonyl (C=O) groups is 4. The molecule has 0 aliphatic carbocycles. The zero-order valence-electron chi connectivity index (χ0n) is 20.9. The number of rotatable bonds is 8. The molecule has 1 aliphatic heterocycles. The maximum atomic E-state index is 13.2. The van der Waals surface area contributed by atoms with Gasteiger partial charge in [0.15, 0.2) is 0 Å². The van der Waals surface area contributed by atoms with Crippen LogP contribution in [0.4, 0.5) is 11.4 Å². The summed E-state index contributed by atoms with van der Waals surface area (Å²) in [6, 6.07) is 24.8. The molecule has 0 saturated carbocycles. The summed E-state index contributed by atoms with van der Waals surface area (Å²) in [5.74, 6) is -1.33. The zero-order chi connectivity index (χ0) is 28.1. The smallest absolute Gasteiger partial charge is 0.272 e. The first-order valence-electron chi connectivity index (χ1n) is 12.2. The van der Waals surface area contributed by atoms with Crippen LogP contribution in [0.2, 0.25) is 0 Å². The van der Waals surface area contributed by atoms with Crippen molar-refractivity contribution in [2.75, 3.05) is 10.2 Å². The van der Waals surface area contributed by atoms with Crippen LogP contribution >= 0.6 is 45.7 Å². The van der Waals surface area contributed by atoms with Crippen LogP contribution in [0.1, 0.15) is 22.3 Å². The molecule has 40 heavy (non-hydrogen) atoms. The van der Waals surface area contributed by atoms with Crippen molar-refractivity contribution in [3.05, 3.63) is 116 Å². The third-order valence-electron chi connectivity index (χ3n) is 5.96. The Labute approximate surface area is 252 Å². The number of thioether (sulfide) groups is 1. The summed E-state index contributed by atoms with van der Waals surface area (Å²) >= 11 is 4.98. The summed E-state index contributed by atoms with van der Waals surface area (Å²) in [5, 5.41) is 8.78. The van der Waals surface area contributed by atoms with Crippen molar-refractivity contribution >= 4 is 86.8 Å². The van der Waals surface area contributed by atoms with Crippen molar-refractivity contribution in [2.24, 2.45) is 0 Å². The first-order chi connectivity index (χ1) is 19.4. The Hall–Kier alpha value is -3.74. The fourth-order valence-electron chi connectivity index (χ4n) is 4.00. The van der Waals surface area contributed by atoms with Gasteiger partial charge in [0.05, 0.1) is 10.9 Å². The monoisotopic (exact) mass is 679 g/mol. The number of amides is 4. The number of benzene rings is 3.